The van der Waals surface area contributed by atoms with Gasteiger partial charge < -0.3 is 10.6 Å². The number of allylic oxidation sites excluding steroid dienone is 1. The summed E-state index contributed by atoms with van der Waals surface area (Å²) >= 11 is 5.25. The van der Waals surface area contributed by atoms with Gasteiger partial charge in [-0.25, -0.2) is 0 Å². The van der Waals surface area contributed by atoms with Crippen LogP contribution < -0.4 is 10.6 Å². The number of thiocarbonyl (C=S) groups is 1. The zero-order valence-electron chi connectivity index (χ0n) is 14.4. The Morgan fingerprint density at radius 3 is 2.76 bits per heavy atom. The van der Waals surface area contributed by atoms with Crippen LogP contribution in [0.3, 0.4) is 0 Å². The topological polar surface area (TPSA) is 41.1 Å². The first-order valence-corrected chi connectivity index (χ1v) is 9.35. The Labute approximate surface area is 154 Å². The predicted octanol–water partition coefficient (Wildman–Crippen LogP) is 4.26. The number of carbonyl (C=O) groups excluding carboxylic acids is 1. The van der Waals surface area contributed by atoms with Crippen LogP contribution in [0.2, 0.25) is 0 Å². The Morgan fingerprint density at radius 2 is 1.92 bits per heavy atom. The van der Waals surface area contributed by atoms with Crippen molar-refractivity contribution in [3.63, 3.8) is 0 Å². The van der Waals surface area contributed by atoms with Crippen molar-refractivity contribution in [3.8, 4) is 0 Å². The van der Waals surface area contributed by atoms with Crippen LogP contribution in [0.25, 0.3) is 10.8 Å². The van der Waals surface area contributed by atoms with Gasteiger partial charge >= 0.3 is 0 Å². The molecule has 3 nitrogen and oxygen atoms in total. The molecule has 1 amide bonds. The summed E-state index contributed by atoms with van der Waals surface area (Å²) in [6.07, 6.45) is 8.65. The molecule has 2 N–H and O–H groups in total. The quantitative estimate of drug-likeness (QED) is 0.624. The fraction of sp³-hybridized carbons (Fsp3) is 0.333. The number of carbonyl (C=O) groups is 1. The van der Waals surface area contributed by atoms with E-state index >= 15 is 0 Å². The molecular weight excluding hydrogens is 328 g/mol. The third kappa shape index (κ3) is 5.13. The lowest BCUT2D eigenvalue weighted by molar-refractivity contribution is -0.119. The van der Waals surface area contributed by atoms with Crippen molar-refractivity contribution in [1.29, 1.82) is 0 Å². The summed E-state index contributed by atoms with van der Waals surface area (Å²) in [5.41, 5.74) is 2.52. The van der Waals surface area contributed by atoms with E-state index in [4.69, 9.17) is 12.2 Å². The molecule has 0 saturated carbocycles. The Morgan fingerprint density at radius 1 is 1.08 bits per heavy atom. The van der Waals surface area contributed by atoms with Gasteiger partial charge in [0.15, 0.2) is 5.11 Å². The van der Waals surface area contributed by atoms with E-state index in [-0.39, 0.29) is 5.91 Å². The van der Waals surface area contributed by atoms with Gasteiger partial charge in [0.1, 0.15) is 0 Å². The molecular formula is C21H24N2OS. The number of fused-ring (bicyclic) bond motifs is 1. The van der Waals surface area contributed by atoms with Gasteiger partial charge in [0.2, 0.25) is 5.91 Å². The van der Waals surface area contributed by atoms with E-state index in [2.05, 4.69) is 28.8 Å². The number of amides is 1. The van der Waals surface area contributed by atoms with Gasteiger partial charge in [-0.15, -0.1) is 0 Å². The summed E-state index contributed by atoms with van der Waals surface area (Å²) in [4.78, 5) is 12.3. The van der Waals surface area contributed by atoms with Crippen molar-refractivity contribution in [2.24, 2.45) is 0 Å². The monoisotopic (exact) mass is 352 g/mol. The fourth-order valence-electron chi connectivity index (χ4n) is 3.30. The Kier molecular flexibility index (Phi) is 6.18. The van der Waals surface area contributed by atoms with E-state index in [1.807, 2.05) is 30.3 Å². The molecule has 2 aromatic rings. The van der Waals surface area contributed by atoms with Crippen LogP contribution in [-0.2, 0) is 11.2 Å². The summed E-state index contributed by atoms with van der Waals surface area (Å²) in [7, 11) is 0. The molecule has 3 rings (SSSR count). The number of nitrogens with one attached hydrogen (secondary N) is 2. The average Bonchev–Trinajstić information content (AvgIpc) is 2.63. The molecule has 0 atom stereocenters. The van der Waals surface area contributed by atoms with Crippen LogP contribution >= 0.6 is 12.2 Å². The number of rotatable bonds is 5. The van der Waals surface area contributed by atoms with Crippen molar-refractivity contribution in [2.75, 3.05) is 6.54 Å². The molecule has 0 radical (unpaired) electrons. The molecule has 0 aliphatic heterocycles. The largest absolute Gasteiger partial charge is 0.362 e. The van der Waals surface area contributed by atoms with Crippen LogP contribution in [0.1, 0.15) is 37.7 Å². The van der Waals surface area contributed by atoms with Gasteiger partial charge in [-0.3, -0.25) is 4.79 Å². The van der Waals surface area contributed by atoms with Crippen molar-refractivity contribution in [1.82, 2.24) is 10.6 Å². The summed E-state index contributed by atoms with van der Waals surface area (Å²) in [5.74, 6) is -0.0780. The summed E-state index contributed by atoms with van der Waals surface area (Å²) < 4.78 is 0. The zero-order chi connectivity index (χ0) is 17.5. The molecule has 0 aromatic heterocycles. The highest BCUT2D eigenvalue weighted by molar-refractivity contribution is 7.80. The molecule has 0 bridgehead atoms. The van der Waals surface area contributed by atoms with Crippen LogP contribution in [0.4, 0.5) is 0 Å². The Hall–Kier alpha value is -2.20. The van der Waals surface area contributed by atoms with Gasteiger partial charge in [-0.1, -0.05) is 54.1 Å². The maximum atomic E-state index is 12.3. The SMILES string of the molecule is O=C(Cc1cccc2ccccc12)NC(=S)NCCC1=CCCCC1. The minimum Gasteiger partial charge on any atom is -0.362 e. The highest BCUT2D eigenvalue weighted by Crippen LogP contribution is 2.20. The molecule has 0 fully saturated rings. The highest BCUT2D eigenvalue weighted by Gasteiger charge is 2.09. The third-order valence-electron chi connectivity index (χ3n) is 4.60. The maximum absolute atomic E-state index is 12.3. The molecule has 1 aliphatic rings. The van der Waals surface area contributed by atoms with Crippen LogP contribution in [0, 0.1) is 0 Å². The van der Waals surface area contributed by atoms with E-state index in [1.54, 1.807) is 0 Å². The third-order valence-corrected chi connectivity index (χ3v) is 4.85. The van der Waals surface area contributed by atoms with Gasteiger partial charge in [-0.05, 0) is 60.7 Å². The average molecular weight is 353 g/mol. The first-order valence-electron chi connectivity index (χ1n) is 8.94. The molecule has 0 saturated heterocycles. The lowest BCUT2D eigenvalue weighted by atomic mass is 9.97. The van der Waals surface area contributed by atoms with Crippen LogP contribution in [-0.4, -0.2) is 17.6 Å². The first kappa shape index (κ1) is 17.6. The molecule has 130 valence electrons. The predicted molar refractivity (Wildman–Crippen MR) is 108 cm³/mol. The maximum Gasteiger partial charge on any atom is 0.230 e. The summed E-state index contributed by atoms with van der Waals surface area (Å²) in [6.45, 7) is 0.777. The molecule has 0 unspecified atom stereocenters. The highest BCUT2D eigenvalue weighted by atomic mass is 32.1. The molecule has 25 heavy (non-hydrogen) atoms. The van der Waals surface area contributed by atoms with Crippen LogP contribution in [0.15, 0.2) is 54.1 Å². The van der Waals surface area contributed by atoms with Crippen molar-refractivity contribution >= 4 is 34.0 Å². The van der Waals surface area contributed by atoms with Crippen molar-refractivity contribution < 1.29 is 4.79 Å². The molecule has 4 heteroatoms. The lowest BCUT2D eigenvalue weighted by Crippen LogP contribution is -2.40. The normalized spacial score (nSPS) is 14.0. The van der Waals surface area contributed by atoms with Gasteiger partial charge in [0, 0.05) is 6.54 Å². The second kappa shape index (κ2) is 8.77. The van der Waals surface area contributed by atoms with Gasteiger partial charge in [-0.2, -0.15) is 0 Å². The second-order valence-corrected chi connectivity index (χ2v) is 6.89. The minimum atomic E-state index is -0.0780. The van der Waals surface area contributed by atoms with Gasteiger partial charge in [0.05, 0.1) is 6.42 Å². The second-order valence-electron chi connectivity index (χ2n) is 6.48. The molecule has 0 spiro atoms. The molecule has 1 aliphatic carbocycles. The zero-order valence-corrected chi connectivity index (χ0v) is 15.2. The van der Waals surface area contributed by atoms with E-state index in [0.29, 0.717) is 11.5 Å². The van der Waals surface area contributed by atoms with E-state index < -0.39 is 0 Å². The Bertz CT molecular complexity index is 792. The molecule has 2 aromatic carbocycles. The van der Waals surface area contributed by atoms with Gasteiger partial charge in [0.25, 0.3) is 0 Å². The first-order chi connectivity index (χ1) is 12.2. The van der Waals surface area contributed by atoms with E-state index in [0.717, 1.165) is 29.3 Å². The smallest absolute Gasteiger partial charge is 0.230 e. The van der Waals surface area contributed by atoms with E-state index in [9.17, 15) is 4.79 Å². The van der Waals surface area contributed by atoms with Crippen LogP contribution in [0.5, 0.6) is 0 Å². The fourth-order valence-corrected chi connectivity index (χ4v) is 3.52. The lowest BCUT2D eigenvalue weighted by Gasteiger charge is -2.14. The number of hydrogen-bond donors (Lipinski definition) is 2. The standard InChI is InChI=1S/C21H24N2OS/c24-20(15-18-11-6-10-17-9-4-5-12-19(17)18)23-21(25)22-14-13-16-7-2-1-3-8-16/h4-7,9-12H,1-3,8,13-15H2,(H2,22,23,24,25). The number of benzene rings is 2. The Balaban J connectivity index is 1.48. The van der Waals surface area contributed by atoms with Crippen molar-refractivity contribution in [3.05, 3.63) is 59.7 Å². The minimum absolute atomic E-state index is 0.0780. The van der Waals surface area contributed by atoms with Crippen molar-refractivity contribution in [2.45, 2.75) is 38.5 Å². The summed E-state index contributed by atoms with van der Waals surface area (Å²) in [6, 6.07) is 14.1. The molecule has 0 heterocycles. The summed E-state index contributed by atoms with van der Waals surface area (Å²) in [5, 5.41) is 8.62. The number of hydrogen-bond acceptors (Lipinski definition) is 2. The van der Waals surface area contributed by atoms with E-state index in [1.165, 1.54) is 31.3 Å².